The summed E-state index contributed by atoms with van der Waals surface area (Å²) in [5.41, 5.74) is 0.0159. The minimum atomic E-state index is -1.20. The zero-order valence-electron chi connectivity index (χ0n) is 12.3. The van der Waals surface area contributed by atoms with Crippen LogP contribution >= 0.6 is 0 Å². The highest BCUT2D eigenvalue weighted by molar-refractivity contribution is 5.96. The predicted octanol–water partition coefficient (Wildman–Crippen LogP) is 1.53. The van der Waals surface area contributed by atoms with Gasteiger partial charge in [-0.1, -0.05) is 13.8 Å². The first-order valence-electron chi connectivity index (χ1n) is 6.85. The lowest BCUT2D eigenvalue weighted by atomic mass is 9.95. The maximum atomic E-state index is 12.3. The minimum Gasteiger partial charge on any atom is -0.480 e. The average Bonchev–Trinajstić information content (AvgIpc) is 3.12. The Hall–Kier alpha value is -1.85. The van der Waals surface area contributed by atoms with Crippen LogP contribution in [0.2, 0.25) is 0 Å². The van der Waals surface area contributed by atoms with Crippen molar-refractivity contribution < 1.29 is 14.7 Å². The van der Waals surface area contributed by atoms with Crippen LogP contribution in [0, 0.1) is 5.92 Å². The molecule has 0 aliphatic heterocycles. The van der Waals surface area contributed by atoms with Crippen molar-refractivity contribution in [3.8, 4) is 0 Å². The number of aliphatic carboxylic acids is 1. The van der Waals surface area contributed by atoms with E-state index in [0.29, 0.717) is 5.69 Å². The summed E-state index contributed by atoms with van der Waals surface area (Å²) in [7, 11) is 1.69. The van der Waals surface area contributed by atoms with Crippen molar-refractivity contribution in [1.82, 2.24) is 15.1 Å². The standard InChI is InChI=1S/C14H21N3O3/c1-8(2)10-7-11(17(4)16-10)12(18)15-14(3,13(19)20)9-5-6-9/h7-9H,5-6H2,1-4H3,(H,15,18)(H,19,20)/t14-/m0/s1. The molecule has 0 bridgehead atoms. The SMILES string of the molecule is CC(C)c1cc(C(=O)N[C@](C)(C(=O)O)C2CC2)n(C)n1. The number of hydrogen-bond donors (Lipinski definition) is 2. The van der Waals surface area contributed by atoms with E-state index in [-0.39, 0.29) is 17.7 Å². The van der Waals surface area contributed by atoms with Crippen molar-refractivity contribution in [2.75, 3.05) is 0 Å². The molecule has 110 valence electrons. The second kappa shape index (κ2) is 4.92. The van der Waals surface area contributed by atoms with Crippen LogP contribution in [0.15, 0.2) is 6.07 Å². The minimum absolute atomic E-state index is 0.0155. The van der Waals surface area contributed by atoms with Gasteiger partial charge in [0.2, 0.25) is 0 Å². The van der Waals surface area contributed by atoms with Crippen molar-refractivity contribution in [2.24, 2.45) is 13.0 Å². The quantitative estimate of drug-likeness (QED) is 0.856. The van der Waals surface area contributed by atoms with Gasteiger partial charge in [0.25, 0.3) is 5.91 Å². The Bertz CT molecular complexity index is 546. The van der Waals surface area contributed by atoms with Gasteiger partial charge in [0, 0.05) is 7.05 Å². The van der Waals surface area contributed by atoms with E-state index >= 15 is 0 Å². The van der Waals surface area contributed by atoms with Gasteiger partial charge in [0.05, 0.1) is 5.69 Å². The molecule has 1 atom stereocenters. The van der Waals surface area contributed by atoms with Crippen molar-refractivity contribution in [3.05, 3.63) is 17.5 Å². The van der Waals surface area contributed by atoms with Crippen LogP contribution in [0.5, 0.6) is 0 Å². The molecule has 1 amide bonds. The Balaban J connectivity index is 2.21. The molecule has 2 rings (SSSR count). The third-order valence-corrected chi connectivity index (χ3v) is 3.93. The summed E-state index contributed by atoms with van der Waals surface area (Å²) in [5, 5.41) is 16.3. The Morgan fingerprint density at radius 1 is 1.50 bits per heavy atom. The van der Waals surface area contributed by atoms with Gasteiger partial charge in [-0.25, -0.2) is 4.79 Å². The summed E-state index contributed by atoms with van der Waals surface area (Å²) in [4.78, 5) is 23.7. The molecule has 0 unspecified atom stereocenters. The van der Waals surface area contributed by atoms with Gasteiger partial charge in [-0.15, -0.1) is 0 Å². The number of aryl methyl sites for hydroxylation is 1. The fourth-order valence-corrected chi connectivity index (χ4v) is 2.27. The molecule has 1 saturated carbocycles. The summed E-state index contributed by atoms with van der Waals surface area (Å²) in [6.45, 7) is 5.57. The van der Waals surface area contributed by atoms with Crippen LogP contribution in [-0.4, -0.2) is 32.3 Å². The van der Waals surface area contributed by atoms with Crippen LogP contribution in [0.4, 0.5) is 0 Å². The van der Waals surface area contributed by atoms with Crippen LogP contribution in [0.3, 0.4) is 0 Å². The number of amides is 1. The molecule has 1 heterocycles. The van der Waals surface area contributed by atoms with Crippen molar-refractivity contribution in [3.63, 3.8) is 0 Å². The lowest BCUT2D eigenvalue weighted by Crippen LogP contribution is -2.54. The maximum Gasteiger partial charge on any atom is 0.329 e. The van der Waals surface area contributed by atoms with E-state index in [4.69, 9.17) is 0 Å². The van der Waals surface area contributed by atoms with Gasteiger partial charge in [-0.05, 0) is 37.7 Å². The molecule has 1 aromatic heterocycles. The van der Waals surface area contributed by atoms with Gasteiger partial charge in [-0.2, -0.15) is 5.10 Å². The number of carbonyl (C=O) groups excluding carboxylic acids is 1. The first-order chi connectivity index (χ1) is 9.25. The Labute approximate surface area is 118 Å². The first kappa shape index (κ1) is 14.6. The fourth-order valence-electron chi connectivity index (χ4n) is 2.27. The number of carboxylic acids is 1. The number of carboxylic acid groups (broad SMARTS) is 1. The van der Waals surface area contributed by atoms with Crippen molar-refractivity contribution in [2.45, 2.75) is 45.1 Å². The van der Waals surface area contributed by atoms with Crippen LogP contribution in [0.1, 0.15) is 55.7 Å². The van der Waals surface area contributed by atoms with Gasteiger partial charge in [0.15, 0.2) is 0 Å². The van der Waals surface area contributed by atoms with Gasteiger partial charge < -0.3 is 10.4 Å². The molecule has 6 nitrogen and oxygen atoms in total. The Morgan fingerprint density at radius 2 is 2.10 bits per heavy atom. The molecule has 1 aromatic rings. The predicted molar refractivity (Wildman–Crippen MR) is 73.5 cm³/mol. The van der Waals surface area contributed by atoms with Crippen molar-refractivity contribution >= 4 is 11.9 Å². The van der Waals surface area contributed by atoms with Gasteiger partial charge >= 0.3 is 5.97 Å². The average molecular weight is 279 g/mol. The van der Waals surface area contributed by atoms with E-state index in [1.807, 2.05) is 13.8 Å². The zero-order valence-corrected chi connectivity index (χ0v) is 12.3. The largest absolute Gasteiger partial charge is 0.480 e. The lowest BCUT2D eigenvalue weighted by Gasteiger charge is -2.25. The monoisotopic (exact) mass is 279 g/mol. The van der Waals surface area contributed by atoms with Crippen LogP contribution < -0.4 is 5.32 Å². The molecular formula is C14H21N3O3. The molecule has 2 N–H and O–H groups in total. The van der Waals surface area contributed by atoms with E-state index < -0.39 is 11.5 Å². The highest BCUT2D eigenvalue weighted by atomic mass is 16.4. The molecule has 6 heteroatoms. The summed E-state index contributed by atoms with van der Waals surface area (Å²) < 4.78 is 1.50. The second-order valence-electron chi connectivity index (χ2n) is 5.97. The number of aromatic nitrogens is 2. The van der Waals surface area contributed by atoms with Crippen molar-refractivity contribution in [1.29, 1.82) is 0 Å². The Morgan fingerprint density at radius 3 is 2.50 bits per heavy atom. The molecule has 1 aliphatic rings. The topological polar surface area (TPSA) is 84.2 Å². The summed E-state index contributed by atoms with van der Waals surface area (Å²) in [6, 6.07) is 1.72. The molecule has 0 saturated heterocycles. The maximum absolute atomic E-state index is 12.3. The highest BCUT2D eigenvalue weighted by Gasteiger charge is 2.48. The second-order valence-corrected chi connectivity index (χ2v) is 5.97. The number of carbonyl (C=O) groups is 2. The molecule has 0 radical (unpaired) electrons. The van der Waals surface area contributed by atoms with Gasteiger partial charge in [-0.3, -0.25) is 9.48 Å². The molecule has 0 aromatic carbocycles. The van der Waals surface area contributed by atoms with E-state index in [1.165, 1.54) is 4.68 Å². The third kappa shape index (κ3) is 2.55. The number of rotatable bonds is 5. The lowest BCUT2D eigenvalue weighted by molar-refractivity contribution is -0.144. The molecular weight excluding hydrogens is 258 g/mol. The van der Waals surface area contributed by atoms with E-state index in [1.54, 1.807) is 20.0 Å². The van der Waals surface area contributed by atoms with E-state index in [0.717, 1.165) is 18.5 Å². The summed E-state index contributed by atoms with van der Waals surface area (Å²) in [5.74, 6) is -1.14. The van der Waals surface area contributed by atoms with Gasteiger partial charge in [0.1, 0.15) is 11.2 Å². The third-order valence-electron chi connectivity index (χ3n) is 3.93. The fraction of sp³-hybridized carbons (Fsp3) is 0.643. The molecule has 0 spiro atoms. The molecule has 1 fully saturated rings. The van der Waals surface area contributed by atoms with E-state index in [2.05, 4.69) is 10.4 Å². The highest BCUT2D eigenvalue weighted by Crippen LogP contribution is 2.39. The Kier molecular flexibility index (Phi) is 3.58. The number of nitrogens with one attached hydrogen (secondary N) is 1. The normalized spacial score (nSPS) is 17.9. The smallest absolute Gasteiger partial charge is 0.329 e. The van der Waals surface area contributed by atoms with Crippen LogP contribution in [-0.2, 0) is 11.8 Å². The van der Waals surface area contributed by atoms with E-state index in [9.17, 15) is 14.7 Å². The first-order valence-corrected chi connectivity index (χ1v) is 6.85. The number of nitrogens with zero attached hydrogens (tertiary/aromatic N) is 2. The summed E-state index contributed by atoms with van der Waals surface area (Å²) >= 11 is 0. The molecule has 1 aliphatic carbocycles. The summed E-state index contributed by atoms with van der Waals surface area (Å²) in [6.07, 6.45) is 1.68. The zero-order chi connectivity index (χ0) is 15.1. The number of hydrogen-bond acceptors (Lipinski definition) is 3. The van der Waals surface area contributed by atoms with Crippen LogP contribution in [0.25, 0.3) is 0 Å². The molecule has 20 heavy (non-hydrogen) atoms.